The third-order valence-electron chi connectivity index (χ3n) is 2.49. The van der Waals surface area contributed by atoms with Crippen molar-refractivity contribution in [1.29, 1.82) is 0 Å². The maximum atomic E-state index is 13.5. The second kappa shape index (κ2) is 4.44. The number of aliphatic carboxylic acids is 1. The molecule has 0 bridgehead atoms. The molecule has 0 aromatic heterocycles. The highest BCUT2D eigenvalue weighted by molar-refractivity contribution is 6.22. The Hall–Kier alpha value is -2.44. The van der Waals surface area contributed by atoms with Gasteiger partial charge in [-0.3, -0.25) is 9.59 Å². The van der Waals surface area contributed by atoms with Gasteiger partial charge in [-0.15, -0.1) is 0 Å². The van der Waals surface area contributed by atoms with E-state index in [1.54, 1.807) is 0 Å². The molecule has 2 N–H and O–H groups in total. The maximum absolute atomic E-state index is 13.5. The lowest BCUT2D eigenvalue weighted by Crippen LogP contribution is -2.33. The van der Waals surface area contributed by atoms with E-state index in [9.17, 15) is 18.8 Å². The summed E-state index contributed by atoms with van der Waals surface area (Å²) in [5.41, 5.74) is -0.187. The summed E-state index contributed by atoms with van der Waals surface area (Å²) >= 11 is 0. The fourth-order valence-electron chi connectivity index (χ4n) is 1.71. The van der Waals surface area contributed by atoms with Crippen molar-refractivity contribution >= 4 is 23.6 Å². The summed E-state index contributed by atoms with van der Waals surface area (Å²) in [6, 6.07) is 3.30. The molecule has 1 aliphatic rings. The minimum atomic E-state index is -1.22. The Bertz CT molecular complexity index is 532. The molecular weight excluding hydrogens is 243 g/mol. The summed E-state index contributed by atoms with van der Waals surface area (Å²) in [6.45, 7) is 0. The number of amides is 3. The highest BCUT2D eigenvalue weighted by Gasteiger charge is 2.40. The molecule has 1 fully saturated rings. The Morgan fingerprint density at radius 1 is 1.39 bits per heavy atom. The van der Waals surface area contributed by atoms with Crippen LogP contribution in [0.5, 0.6) is 0 Å². The molecule has 1 aromatic carbocycles. The Morgan fingerprint density at radius 2 is 2.06 bits per heavy atom. The lowest BCUT2D eigenvalue weighted by atomic mass is 10.2. The summed E-state index contributed by atoms with van der Waals surface area (Å²) < 4.78 is 13.5. The molecule has 1 aliphatic heterocycles. The fraction of sp³-hybridized carbons (Fsp3) is 0.182. The van der Waals surface area contributed by atoms with E-state index < -0.39 is 36.2 Å². The minimum Gasteiger partial charge on any atom is -0.481 e. The predicted molar refractivity (Wildman–Crippen MR) is 58.5 cm³/mol. The molecule has 3 amide bonds. The van der Waals surface area contributed by atoms with Crippen LogP contribution in [0.3, 0.4) is 0 Å². The number of halogens is 1. The van der Waals surface area contributed by atoms with E-state index in [0.717, 1.165) is 6.07 Å². The van der Waals surface area contributed by atoms with Crippen LogP contribution < -0.4 is 10.2 Å². The van der Waals surface area contributed by atoms with Crippen LogP contribution in [0.1, 0.15) is 6.42 Å². The van der Waals surface area contributed by atoms with Crippen LogP contribution in [0.25, 0.3) is 0 Å². The molecule has 2 rings (SSSR count). The number of carboxylic acid groups (broad SMARTS) is 1. The van der Waals surface area contributed by atoms with Gasteiger partial charge in [0.05, 0.1) is 12.1 Å². The fourth-order valence-corrected chi connectivity index (χ4v) is 1.71. The first-order valence-corrected chi connectivity index (χ1v) is 5.11. The van der Waals surface area contributed by atoms with E-state index in [4.69, 9.17) is 5.11 Å². The number of imide groups is 1. The number of anilines is 1. The van der Waals surface area contributed by atoms with Crippen molar-refractivity contribution in [3.63, 3.8) is 0 Å². The highest BCUT2D eigenvalue weighted by Crippen LogP contribution is 2.23. The number of carbonyl (C=O) groups is 3. The van der Waals surface area contributed by atoms with Gasteiger partial charge in [0, 0.05) is 0 Å². The number of rotatable bonds is 3. The third kappa shape index (κ3) is 2.02. The van der Waals surface area contributed by atoms with Crippen molar-refractivity contribution in [1.82, 2.24) is 5.32 Å². The molecule has 0 aliphatic carbocycles. The molecule has 1 atom stereocenters. The Labute approximate surface area is 101 Å². The average molecular weight is 252 g/mol. The van der Waals surface area contributed by atoms with Gasteiger partial charge in [-0.1, -0.05) is 12.1 Å². The van der Waals surface area contributed by atoms with Crippen LogP contribution in [0.4, 0.5) is 14.9 Å². The average Bonchev–Trinajstić information content (AvgIpc) is 2.55. The first-order valence-electron chi connectivity index (χ1n) is 5.11. The molecule has 1 saturated heterocycles. The van der Waals surface area contributed by atoms with E-state index in [1.165, 1.54) is 18.2 Å². The number of para-hydroxylation sites is 1. The van der Waals surface area contributed by atoms with E-state index in [-0.39, 0.29) is 5.69 Å². The molecule has 7 heteroatoms. The topological polar surface area (TPSA) is 86.7 Å². The first kappa shape index (κ1) is 12.0. The van der Waals surface area contributed by atoms with Gasteiger partial charge >= 0.3 is 12.0 Å². The molecule has 0 spiro atoms. The number of benzene rings is 1. The molecule has 18 heavy (non-hydrogen) atoms. The molecule has 1 unspecified atom stereocenters. The van der Waals surface area contributed by atoms with Crippen LogP contribution in [0.2, 0.25) is 0 Å². The third-order valence-corrected chi connectivity index (χ3v) is 2.49. The van der Waals surface area contributed by atoms with E-state index in [0.29, 0.717) is 4.90 Å². The van der Waals surface area contributed by atoms with E-state index in [2.05, 4.69) is 5.32 Å². The lowest BCUT2D eigenvalue weighted by molar-refractivity contribution is -0.139. The highest BCUT2D eigenvalue weighted by atomic mass is 19.1. The summed E-state index contributed by atoms with van der Waals surface area (Å²) in [5, 5.41) is 10.8. The number of urea groups is 1. The van der Waals surface area contributed by atoms with E-state index in [1.807, 2.05) is 0 Å². The maximum Gasteiger partial charge on any atom is 0.329 e. The Morgan fingerprint density at radius 3 is 2.67 bits per heavy atom. The molecule has 0 radical (unpaired) electrons. The Kier molecular flexibility index (Phi) is 2.97. The van der Waals surface area contributed by atoms with Crippen molar-refractivity contribution in [3.8, 4) is 0 Å². The zero-order valence-electron chi connectivity index (χ0n) is 9.09. The summed E-state index contributed by atoms with van der Waals surface area (Å²) in [4.78, 5) is 34.5. The number of nitrogens with one attached hydrogen (secondary N) is 1. The zero-order valence-corrected chi connectivity index (χ0v) is 9.09. The molecule has 6 nitrogen and oxygen atoms in total. The van der Waals surface area contributed by atoms with Gasteiger partial charge in [-0.05, 0) is 12.1 Å². The molecule has 1 heterocycles. The lowest BCUT2D eigenvalue weighted by Gasteiger charge is -2.13. The van der Waals surface area contributed by atoms with Gasteiger partial charge in [0.15, 0.2) is 0 Å². The monoisotopic (exact) mass is 252 g/mol. The van der Waals surface area contributed by atoms with Crippen molar-refractivity contribution in [2.24, 2.45) is 0 Å². The van der Waals surface area contributed by atoms with Crippen LogP contribution in [-0.2, 0) is 9.59 Å². The standard InChI is InChI=1S/C11H9FN2O4/c12-6-3-1-2-4-8(6)14-10(17)7(5-9(15)16)13-11(14)18/h1-4,7H,5H2,(H,13,18)(H,15,16). The summed E-state index contributed by atoms with van der Waals surface area (Å²) in [5.74, 6) is -2.71. The largest absolute Gasteiger partial charge is 0.481 e. The smallest absolute Gasteiger partial charge is 0.329 e. The number of nitrogens with zero attached hydrogens (tertiary/aromatic N) is 1. The molecule has 1 aromatic rings. The minimum absolute atomic E-state index is 0.187. The Balaban J connectivity index is 2.30. The second-order valence-electron chi connectivity index (χ2n) is 3.72. The van der Waals surface area contributed by atoms with Gasteiger partial charge in [-0.2, -0.15) is 0 Å². The van der Waals surface area contributed by atoms with Gasteiger partial charge in [0.25, 0.3) is 5.91 Å². The zero-order chi connectivity index (χ0) is 13.3. The molecule has 0 saturated carbocycles. The van der Waals surface area contributed by atoms with Gasteiger partial charge in [0.1, 0.15) is 11.9 Å². The second-order valence-corrected chi connectivity index (χ2v) is 3.72. The van der Waals surface area contributed by atoms with E-state index >= 15 is 0 Å². The molecular formula is C11H9FN2O4. The number of hydrogen-bond acceptors (Lipinski definition) is 3. The summed E-state index contributed by atoms with van der Waals surface area (Å²) in [7, 11) is 0. The van der Waals surface area contributed by atoms with Gasteiger partial charge in [0.2, 0.25) is 0 Å². The molecule has 94 valence electrons. The van der Waals surface area contributed by atoms with Gasteiger partial charge in [-0.25, -0.2) is 14.1 Å². The quantitative estimate of drug-likeness (QED) is 0.776. The van der Waals surface area contributed by atoms with Crippen molar-refractivity contribution < 1.29 is 23.9 Å². The number of carbonyl (C=O) groups excluding carboxylic acids is 2. The van der Waals surface area contributed by atoms with Crippen LogP contribution in [0.15, 0.2) is 24.3 Å². The van der Waals surface area contributed by atoms with Crippen molar-refractivity contribution in [3.05, 3.63) is 30.1 Å². The predicted octanol–water partition coefficient (Wildman–Crippen LogP) is 0.725. The van der Waals surface area contributed by atoms with Crippen LogP contribution in [-0.4, -0.2) is 29.1 Å². The van der Waals surface area contributed by atoms with Crippen molar-refractivity contribution in [2.75, 3.05) is 4.90 Å². The number of hydrogen-bond donors (Lipinski definition) is 2. The van der Waals surface area contributed by atoms with Crippen molar-refractivity contribution in [2.45, 2.75) is 12.5 Å². The summed E-state index contributed by atoms with van der Waals surface area (Å²) in [6.07, 6.45) is -0.532. The van der Waals surface area contributed by atoms with Gasteiger partial charge < -0.3 is 10.4 Å². The van der Waals surface area contributed by atoms with Crippen LogP contribution in [0, 0.1) is 5.82 Å². The SMILES string of the molecule is O=C(O)CC1NC(=O)N(c2ccccc2F)C1=O. The normalized spacial score (nSPS) is 18.9. The number of carboxylic acids is 1. The first-order chi connectivity index (χ1) is 8.50. The van der Waals surface area contributed by atoms with Crippen LogP contribution >= 0.6 is 0 Å².